The highest BCUT2D eigenvalue weighted by Crippen LogP contribution is 2.18. The highest BCUT2D eigenvalue weighted by molar-refractivity contribution is 7.89. The van der Waals surface area contributed by atoms with E-state index in [0.717, 1.165) is 0 Å². The fraction of sp³-hybridized carbons (Fsp3) is 0.316. The lowest BCUT2D eigenvalue weighted by Crippen LogP contribution is -2.37. The lowest BCUT2D eigenvalue weighted by molar-refractivity contribution is -0.116. The third kappa shape index (κ3) is 6.04. The number of hydrogen-bond acceptors (Lipinski definition) is 4. The second-order valence-corrected chi connectivity index (χ2v) is 7.95. The van der Waals surface area contributed by atoms with Crippen molar-refractivity contribution in [2.24, 2.45) is 0 Å². The van der Waals surface area contributed by atoms with Crippen LogP contribution in [0.3, 0.4) is 0 Å². The van der Waals surface area contributed by atoms with Crippen molar-refractivity contribution in [3.63, 3.8) is 0 Å². The van der Waals surface area contributed by atoms with E-state index in [1.54, 1.807) is 18.2 Å². The van der Waals surface area contributed by atoms with E-state index in [1.807, 2.05) is 13.8 Å². The number of hydrogen-bond donors (Lipinski definition) is 1. The number of amides is 1. The summed E-state index contributed by atoms with van der Waals surface area (Å²) in [5, 5.41) is 0. The molecule has 0 aliphatic heterocycles. The lowest BCUT2D eigenvalue weighted by atomic mass is 10.2. The summed E-state index contributed by atoms with van der Waals surface area (Å²) >= 11 is 0. The van der Waals surface area contributed by atoms with E-state index in [0.29, 0.717) is 11.4 Å². The maximum absolute atomic E-state index is 13.4. The molecule has 146 valence electrons. The molecule has 0 heterocycles. The minimum atomic E-state index is -3.73. The van der Waals surface area contributed by atoms with Crippen LogP contribution in [-0.2, 0) is 14.8 Å². The van der Waals surface area contributed by atoms with Crippen LogP contribution in [-0.4, -0.2) is 33.5 Å². The zero-order chi connectivity index (χ0) is 20.0. The number of carbonyl (C=O) groups is 1. The van der Waals surface area contributed by atoms with Gasteiger partial charge in [-0.25, -0.2) is 17.5 Å². The van der Waals surface area contributed by atoms with Crippen LogP contribution in [0.15, 0.2) is 53.4 Å². The maximum Gasteiger partial charge on any atom is 0.240 e. The van der Waals surface area contributed by atoms with Crippen molar-refractivity contribution in [1.82, 2.24) is 4.72 Å². The average Bonchev–Trinajstić information content (AvgIpc) is 2.58. The summed E-state index contributed by atoms with van der Waals surface area (Å²) in [7, 11) is -3.73. The van der Waals surface area contributed by atoms with Crippen molar-refractivity contribution in [3.8, 4) is 5.75 Å². The Labute approximate surface area is 159 Å². The standard InChI is InChI=1S/C19H23FN2O4S/c1-14(2)26-18-7-9-19(10-8-18)27(24,25)21-11-12-22(15(3)23)17-6-4-5-16(20)13-17/h4-10,13-14,21H,11-12H2,1-3H3. The molecule has 0 saturated heterocycles. The monoisotopic (exact) mass is 394 g/mol. The summed E-state index contributed by atoms with van der Waals surface area (Å²) in [6.45, 7) is 5.17. The molecule has 0 fully saturated rings. The number of nitrogens with zero attached hydrogens (tertiary/aromatic N) is 1. The Morgan fingerprint density at radius 3 is 2.41 bits per heavy atom. The van der Waals surface area contributed by atoms with Gasteiger partial charge in [0.2, 0.25) is 15.9 Å². The first-order chi connectivity index (χ1) is 12.7. The second-order valence-electron chi connectivity index (χ2n) is 6.19. The molecule has 27 heavy (non-hydrogen) atoms. The van der Waals surface area contributed by atoms with Crippen LogP contribution in [0.2, 0.25) is 0 Å². The predicted octanol–water partition coefficient (Wildman–Crippen LogP) is 2.94. The van der Waals surface area contributed by atoms with Crippen LogP contribution in [0.25, 0.3) is 0 Å². The van der Waals surface area contributed by atoms with Crippen LogP contribution < -0.4 is 14.4 Å². The Morgan fingerprint density at radius 2 is 1.85 bits per heavy atom. The molecule has 0 saturated carbocycles. The number of carbonyl (C=O) groups excluding carboxylic acids is 1. The predicted molar refractivity (Wildman–Crippen MR) is 102 cm³/mol. The number of sulfonamides is 1. The molecular formula is C19H23FN2O4S. The maximum atomic E-state index is 13.4. The van der Waals surface area contributed by atoms with E-state index in [-0.39, 0.29) is 30.0 Å². The van der Waals surface area contributed by atoms with Gasteiger partial charge in [-0.1, -0.05) is 6.07 Å². The van der Waals surface area contributed by atoms with E-state index >= 15 is 0 Å². The zero-order valence-corrected chi connectivity index (χ0v) is 16.3. The summed E-state index contributed by atoms with van der Waals surface area (Å²) in [5.41, 5.74) is 0.372. The van der Waals surface area contributed by atoms with Crippen LogP contribution in [0.1, 0.15) is 20.8 Å². The van der Waals surface area contributed by atoms with Gasteiger partial charge in [-0.05, 0) is 56.3 Å². The highest BCUT2D eigenvalue weighted by atomic mass is 32.2. The largest absolute Gasteiger partial charge is 0.491 e. The van der Waals surface area contributed by atoms with Crippen LogP contribution in [0, 0.1) is 5.82 Å². The van der Waals surface area contributed by atoms with Gasteiger partial charge in [-0.2, -0.15) is 0 Å². The molecule has 0 aliphatic carbocycles. The summed E-state index contributed by atoms with van der Waals surface area (Å²) in [4.78, 5) is 13.2. The van der Waals surface area contributed by atoms with Gasteiger partial charge in [-0.15, -0.1) is 0 Å². The van der Waals surface area contributed by atoms with Crippen molar-refractivity contribution in [2.45, 2.75) is 31.8 Å². The fourth-order valence-electron chi connectivity index (χ4n) is 2.46. The van der Waals surface area contributed by atoms with Gasteiger partial charge in [0, 0.05) is 25.7 Å². The Morgan fingerprint density at radius 1 is 1.19 bits per heavy atom. The molecule has 0 spiro atoms. The topological polar surface area (TPSA) is 75.7 Å². The molecule has 8 heteroatoms. The fourth-order valence-corrected chi connectivity index (χ4v) is 3.48. The number of ether oxygens (including phenoxy) is 1. The number of halogens is 1. The van der Waals surface area contributed by atoms with Crippen molar-refractivity contribution in [2.75, 3.05) is 18.0 Å². The molecule has 0 bridgehead atoms. The Bertz CT molecular complexity index is 883. The number of rotatable bonds is 8. The third-order valence-electron chi connectivity index (χ3n) is 3.63. The van der Waals surface area contributed by atoms with Gasteiger partial charge in [0.25, 0.3) is 0 Å². The van der Waals surface area contributed by atoms with Crippen LogP contribution in [0.4, 0.5) is 10.1 Å². The molecule has 2 aromatic carbocycles. The molecule has 0 atom stereocenters. The second kappa shape index (κ2) is 8.96. The Balaban J connectivity index is 2.02. The first-order valence-corrected chi connectivity index (χ1v) is 9.97. The molecule has 1 amide bonds. The van der Waals surface area contributed by atoms with E-state index < -0.39 is 15.8 Å². The van der Waals surface area contributed by atoms with E-state index in [9.17, 15) is 17.6 Å². The van der Waals surface area contributed by atoms with E-state index in [4.69, 9.17) is 4.74 Å². The van der Waals surface area contributed by atoms with Gasteiger partial charge in [-0.3, -0.25) is 4.79 Å². The van der Waals surface area contributed by atoms with E-state index in [2.05, 4.69) is 4.72 Å². The number of nitrogens with one attached hydrogen (secondary N) is 1. The molecule has 0 aliphatic rings. The molecule has 0 aromatic heterocycles. The number of benzene rings is 2. The molecular weight excluding hydrogens is 371 g/mol. The van der Waals surface area contributed by atoms with Gasteiger partial charge in [0.15, 0.2) is 0 Å². The first kappa shape index (κ1) is 20.9. The van der Waals surface area contributed by atoms with Crippen molar-refractivity contribution < 1.29 is 22.3 Å². The van der Waals surface area contributed by atoms with Crippen molar-refractivity contribution >= 4 is 21.6 Å². The molecule has 0 radical (unpaired) electrons. The van der Waals surface area contributed by atoms with Crippen LogP contribution in [0.5, 0.6) is 5.75 Å². The molecule has 2 rings (SSSR count). The Hall–Kier alpha value is -2.45. The normalized spacial score (nSPS) is 11.4. The van der Waals surface area contributed by atoms with E-state index in [1.165, 1.54) is 42.2 Å². The zero-order valence-electron chi connectivity index (χ0n) is 15.5. The van der Waals surface area contributed by atoms with Crippen molar-refractivity contribution in [3.05, 3.63) is 54.3 Å². The molecule has 1 N–H and O–H groups in total. The number of anilines is 1. The summed E-state index contributed by atoms with van der Waals surface area (Å²) in [6, 6.07) is 11.7. The van der Waals surface area contributed by atoms with Gasteiger partial charge in [0.1, 0.15) is 11.6 Å². The lowest BCUT2D eigenvalue weighted by Gasteiger charge is -2.21. The average molecular weight is 394 g/mol. The quantitative estimate of drug-likeness (QED) is 0.747. The first-order valence-electron chi connectivity index (χ1n) is 8.49. The van der Waals surface area contributed by atoms with Gasteiger partial charge >= 0.3 is 0 Å². The minimum Gasteiger partial charge on any atom is -0.491 e. The SMILES string of the molecule is CC(=O)N(CCNS(=O)(=O)c1ccc(OC(C)C)cc1)c1cccc(F)c1. The minimum absolute atomic E-state index is 0.00836. The molecule has 2 aromatic rings. The highest BCUT2D eigenvalue weighted by Gasteiger charge is 2.16. The smallest absolute Gasteiger partial charge is 0.240 e. The van der Waals surface area contributed by atoms with Gasteiger partial charge < -0.3 is 9.64 Å². The van der Waals surface area contributed by atoms with Crippen molar-refractivity contribution in [1.29, 1.82) is 0 Å². The summed E-state index contributed by atoms with van der Waals surface area (Å²) in [6.07, 6.45) is -0.00836. The van der Waals surface area contributed by atoms with Crippen LogP contribution >= 0.6 is 0 Å². The molecule has 0 unspecified atom stereocenters. The molecule has 6 nitrogen and oxygen atoms in total. The Kier molecular flexibility index (Phi) is 6.92. The summed E-state index contributed by atoms with van der Waals surface area (Å²) in [5.74, 6) is -0.198. The summed E-state index contributed by atoms with van der Waals surface area (Å²) < 4.78 is 46.1. The third-order valence-corrected chi connectivity index (χ3v) is 5.11. The van der Waals surface area contributed by atoms with Gasteiger partial charge in [0.05, 0.1) is 11.0 Å².